The number of hydrogen-bond donors (Lipinski definition) is 0. The second-order valence-corrected chi connectivity index (χ2v) is 10.6. The molecule has 0 atom stereocenters. The van der Waals surface area contributed by atoms with Crippen molar-refractivity contribution in [1.82, 2.24) is 4.90 Å². The van der Waals surface area contributed by atoms with Crippen molar-refractivity contribution >= 4 is 35.0 Å². The van der Waals surface area contributed by atoms with Crippen molar-refractivity contribution in [1.29, 1.82) is 0 Å². The van der Waals surface area contributed by atoms with E-state index in [2.05, 4.69) is 0 Å². The number of carbonyl (C=O) groups is 2. The minimum Gasteiger partial charge on any atom is -0.366 e. The van der Waals surface area contributed by atoms with E-state index in [1.807, 2.05) is 29.2 Å². The molecule has 0 N–H and O–H groups in total. The fourth-order valence-corrected chi connectivity index (χ4v) is 6.11. The summed E-state index contributed by atoms with van der Waals surface area (Å²) in [4.78, 5) is 34.2. The largest absolute Gasteiger partial charge is 0.366 e. The van der Waals surface area contributed by atoms with Gasteiger partial charge in [-0.25, -0.2) is 8.78 Å². The zero-order valence-corrected chi connectivity index (χ0v) is 21.8. The third kappa shape index (κ3) is 4.88. The number of amides is 2. The highest BCUT2D eigenvalue weighted by molar-refractivity contribution is 7.99. The normalized spacial score (nSPS) is 15.0. The molecule has 1 fully saturated rings. The van der Waals surface area contributed by atoms with Crippen LogP contribution in [0.25, 0.3) is 0 Å². The molecule has 2 amide bonds. The Hall–Kier alpha value is -4.17. The van der Waals surface area contributed by atoms with Crippen molar-refractivity contribution in [2.45, 2.75) is 16.3 Å². The van der Waals surface area contributed by atoms with E-state index in [9.17, 15) is 18.4 Å². The van der Waals surface area contributed by atoms with E-state index >= 15 is 0 Å². The molecule has 2 aliphatic heterocycles. The number of rotatable bonds is 4. The van der Waals surface area contributed by atoms with Crippen LogP contribution in [0.5, 0.6) is 0 Å². The molecule has 1 saturated heterocycles. The lowest BCUT2D eigenvalue weighted by Gasteiger charge is -2.36. The number of para-hydroxylation sites is 1. The highest BCUT2D eigenvalue weighted by Crippen LogP contribution is 2.42. The Morgan fingerprint density at radius 1 is 0.744 bits per heavy atom. The number of fused-ring (bicyclic) bond motifs is 2. The van der Waals surface area contributed by atoms with Crippen molar-refractivity contribution in [2.75, 3.05) is 36.0 Å². The fourth-order valence-electron chi connectivity index (χ4n) is 5.05. The minimum absolute atomic E-state index is 0.0341. The summed E-state index contributed by atoms with van der Waals surface area (Å²) in [6.45, 7) is 1.96. The molecular formula is C31H25F2N3O2S. The molecule has 0 aliphatic carbocycles. The summed E-state index contributed by atoms with van der Waals surface area (Å²) < 4.78 is 28.9. The van der Waals surface area contributed by atoms with Gasteiger partial charge in [-0.3, -0.25) is 9.59 Å². The average Bonchev–Trinajstić information content (AvgIpc) is 3.08. The fraction of sp³-hybridized carbons (Fsp3) is 0.161. The molecule has 0 radical (unpaired) electrons. The predicted octanol–water partition coefficient (Wildman–Crippen LogP) is 6.24. The van der Waals surface area contributed by atoms with E-state index in [-0.39, 0.29) is 24.2 Å². The molecule has 4 aromatic carbocycles. The summed E-state index contributed by atoms with van der Waals surface area (Å²) in [7, 11) is 0. The summed E-state index contributed by atoms with van der Waals surface area (Å²) in [5, 5.41) is 0. The van der Waals surface area contributed by atoms with Gasteiger partial charge in [0.15, 0.2) is 0 Å². The minimum atomic E-state index is -0.392. The highest BCUT2D eigenvalue weighted by atomic mass is 32.2. The summed E-state index contributed by atoms with van der Waals surface area (Å²) in [5.41, 5.74) is 2.48. The van der Waals surface area contributed by atoms with Crippen LogP contribution in [-0.2, 0) is 6.54 Å². The second-order valence-electron chi connectivity index (χ2n) is 9.49. The Morgan fingerprint density at radius 3 is 2.21 bits per heavy atom. The van der Waals surface area contributed by atoms with Gasteiger partial charge < -0.3 is 14.7 Å². The first-order chi connectivity index (χ1) is 19.0. The molecule has 0 unspecified atom stereocenters. The van der Waals surface area contributed by atoms with Gasteiger partial charge in [-0.2, -0.15) is 0 Å². The van der Waals surface area contributed by atoms with E-state index in [0.29, 0.717) is 54.2 Å². The van der Waals surface area contributed by atoms with Gasteiger partial charge in [-0.1, -0.05) is 54.2 Å². The van der Waals surface area contributed by atoms with Crippen molar-refractivity contribution in [2.24, 2.45) is 0 Å². The number of halogens is 2. The lowest BCUT2D eigenvalue weighted by molar-refractivity contribution is 0.0746. The van der Waals surface area contributed by atoms with Gasteiger partial charge in [0, 0.05) is 47.1 Å². The molecular weight excluding hydrogens is 516 g/mol. The third-order valence-corrected chi connectivity index (χ3v) is 8.27. The van der Waals surface area contributed by atoms with E-state index in [1.54, 1.807) is 64.4 Å². The topological polar surface area (TPSA) is 43.9 Å². The average molecular weight is 542 g/mol. The lowest BCUT2D eigenvalue weighted by Crippen LogP contribution is -2.49. The number of carbonyl (C=O) groups excluding carboxylic acids is 2. The number of anilines is 2. The Labute approximate surface area is 229 Å². The molecule has 6 rings (SSSR count). The van der Waals surface area contributed by atoms with Gasteiger partial charge in [0.05, 0.1) is 23.5 Å². The van der Waals surface area contributed by atoms with Crippen molar-refractivity contribution in [3.05, 3.63) is 119 Å². The maximum atomic E-state index is 14.6. The van der Waals surface area contributed by atoms with E-state index in [1.165, 1.54) is 23.9 Å². The quantitative estimate of drug-likeness (QED) is 0.307. The third-order valence-electron chi connectivity index (χ3n) is 7.13. The summed E-state index contributed by atoms with van der Waals surface area (Å²) in [5.74, 6) is -1.07. The van der Waals surface area contributed by atoms with Crippen LogP contribution in [0.2, 0.25) is 0 Å². The van der Waals surface area contributed by atoms with Gasteiger partial charge in [0.1, 0.15) is 11.6 Å². The van der Waals surface area contributed by atoms with Crippen LogP contribution in [0.3, 0.4) is 0 Å². The van der Waals surface area contributed by atoms with Crippen molar-refractivity contribution < 1.29 is 18.4 Å². The SMILES string of the molecule is O=C(c1ccc2c(c1)N(Cc1ccccc1F)C(=O)c1ccccc1S2)N1CCN(c2ccccc2F)CC1. The van der Waals surface area contributed by atoms with Crippen LogP contribution in [0.4, 0.5) is 20.2 Å². The van der Waals surface area contributed by atoms with Gasteiger partial charge in [-0.05, 0) is 48.5 Å². The van der Waals surface area contributed by atoms with Crippen LogP contribution < -0.4 is 9.80 Å². The molecule has 0 spiro atoms. The second kappa shape index (κ2) is 10.5. The van der Waals surface area contributed by atoms with Crippen LogP contribution in [0, 0.1) is 11.6 Å². The number of nitrogens with zero attached hydrogens (tertiary/aromatic N) is 3. The van der Waals surface area contributed by atoms with Gasteiger partial charge in [0.25, 0.3) is 11.8 Å². The standard InChI is InChI=1S/C31H25F2N3O2S/c32-24-9-3-1-7-22(24)20-36-27-19-21(13-14-29(27)39-28-12-6-2-8-23(28)31(36)38)30(37)35-17-15-34(16-18-35)26-11-5-4-10-25(26)33/h1-14,19H,15-18,20H2. The molecule has 2 heterocycles. The first kappa shape index (κ1) is 25.1. The molecule has 196 valence electrons. The first-order valence-corrected chi connectivity index (χ1v) is 13.6. The Kier molecular flexibility index (Phi) is 6.79. The van der Waals surface area contributed by atoms with Crippen LogP contribution in [-0.4, -0.2) is 42.9 Å². The highest BCUT2D eigenvalue weighted by Gasteiger charge is 2.30. The Morgan fingerprint density at radius 2 is 1.44 bits per heavy atom. The number of hydrogen-bond acceptors (Lipinski definition) is 4. The molecule has 5 nitrogen and oxygen atoms in total. The maximum Gasteiger partial charge on any atom is 0.259 e. The zero-order valence-electron chi connectivity index (χ0n) is 21.0. The lowest BCUT2D eigenvalue weighted by atomic mass is 10.1. The van der Waals surface area contributed by atoms with Gasteiger partial charge in [0.2, 0.25) is 0 Å². The van der Waals surface area contributed by atoms with E-state index < -0.39 is 5.82 Å². The zero-order chi connectivity index (χ0) is 26.9. The smallest absolute Gasteiger partial charge is 0.259 e. The van der Waals surface area contributed by atoms with Gasteiger partial charge >= 0.3 is 0 Å². The van der Waals surface area contributed by atoms with Crippen LogP contribution in [0.15, 0.2) is 101 Å². The van der Waals surface area contributed by atoms with Gasteiger partial charge in [-0.15, -0.1) is 0 Å². The Balaban J connectivity index is 1.30. The van der Waals surface area contributed by atoms with Crippen molar-refractivity contribution in [3.63, 3.8) is 0 Å². The predicted molar refractivity (Wildman–Crippen MR) is 148 cm³/mol. The maximum absolute atomic E-state index is 14.6. The first-order valence-electron chi connectivity index (χ1n) is 12.7. The number of piperazine rings is 1. The number of benzene rings is 4. The molecule has 8 heteroatoms. The molecule has 4 aromatic rings. The van der Waals surface area contributed by atoms with Crippen LogP contribution >= 0.6 is 11.8 Å². The molecule has 39 heavy (non-hydrogen) atoms. The molecule has 0 saturated carbocycles. The summed E-state index contributed by atoms with van der Waals surface area (Å²) in [6.07, 6.45) is 0. The monoisotopic (exact) mass is 541 g/mol. The molecule has 0 aromatic heterocycles. The van der Waals surface area contributed by atoms with Crippen LogP contribution in [0.1, 0.15) is 26.3 Å². The van der Waals surface area contributed by atoms with Crippen molar-refractivity contribution in [3.8, 4) is 0 Å². The van der Waals surface area contributed by atoms with E-state index in [0.717, 1.165) is 9.79 Å². The molecule has 0 bridgehead atoms. The Bertz CT molecular complexity index is 1570. The van der Waals surface area contributed by atoms with E-state index in [4.69, 9.17) is 0 Å². The molecule has 2 aliphatic rings. The summed E-state index contributed by atoms with van der Waals surface area (Å²) in [6, 6.07) is 25.8. The summed E-state index contributed by atoms with van der Waals surface area (Å²) >= 11 is 1.46.